The second-order valence-corrected chi connectivity index (χ2v) is 5.59. The molecule has 0 bridgehead atoms. The van der Waals surface area contributed by atoms with E-state index < -0.39 is 0 Å². The second kappa shape index (κ2) is 6.73. The maximum absolute atomic E-state index is 13.9. The molecular weight excluding hydrogens is 255 g/mol. The Morgan fingerprint density at radius 1 is 1.50 bits per heavy atom. The number of hydrogen-bond donors (Lipinski definition) is 1. The number of halogens is 1. The van der Waals surface area contributed by atoms with Crippen molar-refractivity contribution >= 4 is 11.6 Å². The minimum Gasteiger partial charge on any atom is -0.382 e. The second-order valence-electron chi connectivity index (χ2n) is 5.59. The molecule has 1 amide bonds. The van der Waals surface area contributed by atoms with Crippen molar-refractivity contribution in [3.63, 3.8) is 0 Å². The van der Waals surface area contributed by atoms with Crippen molar-refractivity contribution in [1.29, 1.82) is 0 Å². The Labute approximate surface area is 120 Å². The SMILES string of the molecule is CCCNc1c(F)cccc1C(=O)N1CCCC(C)C1. The van der Waals surface area contributed by atoms with Crippen LogP contribution in [0.15, 0.2) is 18.2 Å². The van der Waals surface area contributed by atoms with Crippen molar-refractivity contribution in [2.24, 2.45) is 5.92 Å². The molecule has 0 radical (unpaired) electrons. The van der Waals surface area contributed by atoms with Crippen molar-refractivity contribution in [1.82, 2.24) is 4.90 Å². The van der Waals surface area contributed by atoms with Crippen LogP contribution in [0, 0.1) is 11.7 Å². The van der Waals surface area contributed by atoms with Crippen molar-refractivity contribution in [3.8, 4) is 0 Å². The molecule has 4 heteroatoms. The number of likely N-dealkylation sites (tertiary alicyclic amines) is 1. The first-order chi connectivity index (χ1) is 9.63. The van der Waals surface area contributed by atoms with E-state index in [9.17, 15) is 9.18 Å². The van der Waals surface area contributed by atoms with E-state index in [0.717, 1.165) is 32.4 Å². The Kier molecular flexibility index (Phi) is 4.99. The molecule has 1 saturated heterocycles. The lowest BCUT2D eigenvalue weighted by Crippen LogP contribution is -2.39. The van der Waals surface area contributed by atoms with E-state index in [-0.39, 0.29) is 11.7 Å². The van der Waals surface area contributed by atoms with E-state index >= 15 is 0 Å². The summed E-state index contributed by atoms with van der Waals surface area (Å²) in [7, 11) is 0. The van der Waals surface area contributed by atoms with Gasteiger partial charge >= 0.3 is 0 Å². The molecule has 3 nitrogen and oxygen atoms in total. The van der Waals surface area contributed by atoms with E-state index in [1.807, 2.05) is 11.8 Å². The highest BCUT2D eigenvalue weighted by Gasteiger charge is 2.24. The summed E-state index contributed by atoms with van der Waals surface area (Å²) in [5, 5.41) is 3.04. The van der Waals surface area contributed by atoms with E-state index in [4.69, 9.17) is 0 Å². The summed E-state index contributed by atoms with van der Waals surface area (Å²) >= 11 is 0. The summed E-state index contributed by atoms with van der Waals surface area (Å²) in [6, 6.07) is 4.71. The van der Waals surface area contributed by atoms with Gasteiger partial charge in [-0.15, -0.1) is 0 Å². The number of anilines is 1. The highest BCUT2D eigenvalue weighted by atomic mass is 19.1. The molecular formula is C16H23FN2O. The molecule has 110 valence electrons. The van der Waals surface area contributed by atoms with Crippen LogP contribution in [0.5, 0.6) is 0 Å². The van der Waals surface area contributed by atoms with Gasteiger partial charge in [0.2, 0.25) is 0 Å². The van der Waals surface area contributed by atoms with Gasteiger partial charge in [-0.25, -0.2) is 4.39 Å². The lowest BCUT2D eigenvalue weighted by molar-refractivity contribution is 0.0683. The predicted molar refractivity (Wildman–Crippen MR) is 79.5 cm³/mol. The zero-order valence-corrected chi connectivity index (χ0v) is 12.3. The third-order valence-electron chi connectivity index (χ3n) is 3.74. The van der Waals surface area contributed by atoms with Gasteiger partial charge in [0, 0.05) is 19.6 Å². The maximum atomic E-state index is 13.9. The van der Waals surface area contributed by atoms with Gasteiger partial charge in [0.1, 0.15) is 5.82 Å². The van der Waals surface area contributed by atoms with Crippen LogP contribution in [0.25, 0.3) is 0 Å². The molecule has 1 atom stereocenters. The van der Waals surface area contributed by atoms with Gasteiger partial charge in [-0.3, -0.25) is 4.79 Å². The Bertz CT molecular complexity index is 476. The number of nitrogens with one attached hydrogen (secondary N) is 1. The molecule has 1 aromatic carbocycles. The Hall–Kier alpha value is -1.58. The fraction of sp³-hybridized carbons (Fsp3) is 0.562. The van der Waals surface area contributed by atoms with Crippen LogP contribution in [0.1, 0.15) is 43.5 Å². The Balaban J connectivity index is 2.22. The summed E-state index contributed by atoms with van der Waals surface area (Å²) in [4.78, 5) is 14.4. The first-order valence-corrected chi connectivity index (χ1v) is 7.45. The van der Waals surface area contributed by atoms with Crippen LogP contribution in [0.2, 0.25) is 0 Å². The Morgan fingerprint density at radius 3 is 3.00 bits per heavy atom. The molecule has 1 aliphatic heterocycles. The zero-order chi connectivity index (χ0) is 14.5. The first-order valence-electron chi connectivity index (χ1n) is 7.45. The zero-order valence-electron chi connectivity index (χ0n) is 12.3. The van der Waals surface area contributed by atoms with Crippen molar-refractivity contribution in [2.75, 3.05) is 25.0 Å². The fourth-order valence-corrected chi connectivity index (χ4v) is 2.68. The Morgan fingerprint density at radius 2 is 2.30 bits per heavy atom. The molecule has 0 aliphatic carbocycles. The largest absolute Gasteiger partial charge is 0.382 e. The van der Waals surface area contributed by atoms with Gasteiger partial charge in [0.15, 0.2) is 0 Å². The van der Waals surface area contributed by atoms with Crippen molar-refractivity contribution in [3.05, 3.63) is 29.6 Å². The monoisotopic (exact) mass is 278 g/mol. The number of carbonyl (C=O) groups excluding carboxylic acids is 1. The smallest absolute Gasteiger partial charge is 0.256 e. The van der Waals surface area contributed by atoms with E-state index in [1.54, 1.807) is 12.1 Å². The highest BCUT2D eigenvalue weighted by molar-refractivity contribution is 5.99. The summed E-state index contributed by atoms with van der Waals surface area (Å²) < 4.78 is 13.9. The van der Waals surface area contributed by atoms with Crippen LogP contribution < -0.4 is 5.32 Å². The summed E-state index contributed by atoms with van der Waals surface area (Å²) in [5.74, 6) is 0.109. The molecule has 0 saturated carbocycles. The number of amides is 1. The molecule has 0 aromatic heterocycles. The average molecular weight is 278 g/mol. The molecule has 0 spiro atoms. The lowest BCUT2D eigenvalue weighted by Gasteiger charge is -2.31. The summed E-state index contributed by atoms with van der Waals surface area (Å²) in [5.41, 5.74) is 0.796. The van der Waals surface area contributed by atoms with Crippen molar-refractivity contribution in [2.45, 2.75) is 33.1 Å². The van der Waals surface area contributed by atoms with Crippen LogP contribution in [-0.2, 0) is 0 Å². The average Bonchev–Trinajstić information content (AvgIpc) is 2.45. The van der Waals surface area contributed by atoms with Crippen LogP contribution in [-0.4, -0.2) is 30.4 Å². The van der Waals surface area contributed by atoms with Crippen LogP contribution >= 0.6 is 0 Å². The third-order valence-corrected chi connectivity index (χ3v) is 3.74. The highest BCUT2D eigenvalue weighted by Crippen LogP contribution is 2.24. The lowest BCUT2D eigenvalue weighted by atomic mass is 9.99. The summed E-state index contributed by atoms with van der Waals surface area (Å²) in [6.07, 6.45) is 3.08. The number of carbonyl (C=O) groups is 1. The van der Waals surface area contributed by atoms with Gasteiger partial charge in [0.05, 0.1) is 11.3 Å². The minimum atomic E-state index is -0.352. The third kappa shape index (κ3) is 3.30. The fourth-order valence-electron chi connectivity index (χ4n) is 2.68. The quantitative estimate of drug-likeness (QED) is 0.914. The molecule has 1 aliphatic rings. The van der Waals surface area contributed by atoms with Crippen molar-refractivity contribution < 1.29 is 9.18 Å². The normalized spacial score (nSPS) is 18.9. The minimum absolute atomic E-state index is 0.0605. The standard InChI is InChI=1S/C16H23FN2O/c1-3-9-18-15-13(7-4-8-14(15)17)16(20)19-10-5-6-12(2)11-19/h4,7-8,12,18H,3,5-6,9-11H2,1-2H3. The van der Waals surface area contributed by atoms with Gasteiger partial charge in [-0.1, -0.05) is 19.9 Å². The van der Waals surface area contributed by atoms with E-state index in [2.05, 4.69) is 12.2 Å². The van der Waals surface area contributed by atoms with Gasteiger partial charge in [0.25, 0.3) is 5.91 Å². The number of rotatable bonds is 4. The topological polar surface area (TPSA) is 32.3 Å². The maximum Gasteiger partial charge on any atom is 0.256 e. The van der Waals surface area contributed by atoms with Gasteiger partial charge < -0.3 is 10.2 Å². The number of benzene rings is 1. The molecule has 1 N–H and O–H groups in total. The van der Waals surface area contributed by atoms with E-state index in [0.29, 0.717) is 23.7 Å². The molecule has 2 rings (SSSR count). The summed E-state index contributed by atoms with van der Waals surface area (Å²) in [6.45, 7) is 6.37. The van der Waals surface area contributed by atoms with Crippen LogP contribution in [0.3, 0.4) is 0 Å². The number of nitrogens with zero attached hydrogens (tertiary/aromatic N) is 1. The van der Waals surface area contributed by atoms with E-state index in [1.165, 1.54) is 6.07 Å². The van der Waals surface area contributed by atoms with Gasteiger partial charge in [-0.2, -0.15) is 0 Å². The first kappa shape index (κ1) is 14.8. The predicted octanol–water partition coefficient (Wildman–Crippen LogP) is 3.52. The molecule has 1 unspecified atom stereocenters. The number of piperidine rings is 1. The molecule has 1 fully saturated rings. The number of hydrogen-bond acceptors (Lipinski definition) is 2. The molecule has 1 heterocycles. The van der Waals surface area contributed by atoms with Gasteiger partial charge in [-0.05, 0) is 37.3 Å². The van der Waals surface area contributed by atoms with Crippen LogP contribution in [0.4, 0.5) is 10.1 Å². The number of para-hydroxylation sites is 1. The molecule has 20 heavy (non-hydrogen) atoms. The molecule has 1 aromatic rings.